The minimum atomic E-state index is -4.08. The smallest absolute Gasteiger partial charge is 0.352 e. The zero-order valence-corrected chi connectivity index (χ0v) is 37.0. The van der Waals surface area contributed by atoms with Gasteiger partial charge in [0.2, 0.25) is 5.60 Å². The van der Waals surface area contributed by atoms with Gasteiger partial charge in [0.15, 0.2) is 49.5 Å². The number of aromatic hydroxyl groups is 4. The minimum Gasteiger partial charge on any atom is -0.504 e. The van der Waals surface area contributed by atoms with Crippen LogP contribution in [0, 0.1) is 6.92 Å². The summed E-state index contributed by atoms with van der Waals surface area (Å²) in [6, 6.07) is 6.70. The highest BCUT2D eigenvalue weighted by atomic mass is 32.2. The van der Waals surface area contributed by atoms with E-state index in [-0.39, 0.29) is 50.1 Å². The average Bonchev–Trinajstić information content (AvgIpc) is 3.86. The summed E-state index contributed by atoms with van der Waals surface area (Å²) in [5, 5.41) is 60.7. The maximum Gasteiger partial charge on any atom is 0.352 e. The number of sulfone groups is 1. The van der Waals surface area contributed by atoms with Crippen molar-refractivity contribution in [3.8, 4) is 23.0 Å². The van der Waals surface area contributed by atoms with Crippen LogP contribution in [0.1, 0.15) is 41.4 Å². The van der Waals surface area contributed by atoms with Gasteiger partial charge in [0.25, 0.3) is 29.4 Å². The van der Waals surface area contributed by atoms with Crippen molar-refractivity contribution < 1.29 is 62.8 Å². The Labute approximate surface area is 378 Å². The Balaban J connectivity index is 1.03. The summed E-state index contributed by atoms with van der Waals surface area (Å²) in [6.45, 7) is 4.20. The number of hydrazine groups is 1. The number of hydrogen-bond acceptors (Lipinski definition) is 21. The minimum absolute atomic E-state index is 0.0355. The van der Waals surface area contributed by atoms with Crippen molar-refractivity contribution in [2.45, 2.75) is 53.5 Å². The number of rotatable bonds is 14. The highest BCUT2D eigenvalue weighted by Crippen LogP contribution is 2.42. The van der Waals surface area contributed by atoms with Gasteiger partial charge in [-0.05, 0) is 62.7 Å². The van der Waals surface area contributed by atoms with Crippen LogP contribution < -0.4 is 21.9 Å². The van der Waals surface area contributed by atoms with Crippen LogP contribution in [-0.2, 0) is 39.6 Å². The molecule has 2 aromatic carbocycles. The van der Waals surface area contributed by atoms with E-state index in [0.29, 0.717) is 16.3 Å². The number of thioether (sulfide) groups is 2. The van der Waals surface area contributed by atoms with E-state index < -0.39 is 90.9 Å². The molecule has 65 heavy (non-hydrogen) atoms. The van der Waals surface area contributed by atoms with E-state index in [1.54, 1.807) is 13.0 Å². The number of nitrogens with two attached hydrogens (primary N) is 1. The molecule has 4 amide bonds. The molecule has 2 aliphatic rings. The molecule has 28 heteroatoms. The fourth-order valence-electron chi connectivity index (χ4n) is 6.08. The number of carboxylic acids is 1. The molecule has 2 atom stereocenters. The number of nitrogens with zero attached hydrogens (tertiary/aromatic N) is 7. The standard InChI is InChI=1S/C37H35N11O13S4/c1-15-8-25(48-36(39-15)41-24(45-48)14-65(59,60)18-5-7-21(50)23(52)10-18)62-11-17-12-63-32-27(31(55)47(32)28(17)33(56)57)42-30(54)26(19-13-64-35(38)40-19)46-61-37(2,3)34(58)44-43-29(53)16-4-6-20(49)22(51)9-16/h4-10,13,27,32,49-52H,11-12,14H2,1-3H3,(H2,38,40)(H,42,54)(H,43,53)(H,44,58)(H,56,57)/t27-,32-/m1/s1. The van der Waals surface area contributed by atoms with E-state index in [1.165, 1.54) is 41.6 Å². The maximum atomic E-state index is 13.8. The number of oxime groups is 1. The Hall–Kier alpha value is -7.17. The van der Waals surface area contributed by atoms with Gasteiger partial charge in [0, 0.05) is 34.2 Å². The summed E-state index contributed by atoms with van der Waals surface area (Å²) in [6.07, 6.45) is 0. The van der Waals surface area contributed by atoms with Gasteiger partial charge in [-0.15, -0.1) is 40.0 Å². The van der Waals surface area contributed by atoms with Crippen LogP contribution in [-0.4, -0.2) is 127 Å². The predicted molar refractivity (Wildman–Crippen MR) is 230 cm³/mol. The van der Waals surface area contributed by atoms with E-state index in [1.807, 2.05) is 0 Å². The summed E-state index contributed by atoms with van der Waals surface area (Å²) in [5.74, 6) is -7.65. The first kappa shape index (κ1) is 45.8. The van der Waals surface area contributed by atoms with Crippen molar-refractivity contribution in [3.63, 3.8) is 0 Å². The number of benzene rings is 2. The van der Waals surface area contributed by atoms with E-state index in [2.05, 4.69) is 41.4 Å². The Morgan fingerprint density at radius 2 is 1.71 bits per heavy atom. The second-order valence-corrected chi connectivity index (χ2v) is 19.5. The third-order valence-corrected chi connectivity index (χ3v) is 14.1. The SMILES string of the molecule is Cc1cc(SCC2=C(C(=O)O)N3C(=O)[C@@H](NC(=O)C(=NOC(C)(C)C(=O)NNC(=O)c4ccc(O)c(O)c4)c4csc(N)n4)[C@H]3SC2)n2nc(CS(=O)(=O)c3ccc(O)c(O)c3)nc2n1. The molecule has 0 aliphatic carbocycles. The lowest BCUT2D eigenvalue weighted by molar-refractivity contribution is -0.150. The number of fused-ring (bicyclic) bond motifs is 2. The number of β-lactam (4-membered cyclic amide) rings is 1. The van der Waals surface area contributed by atoms with Crippen molar-refractivity contribution in [1.82, 2.24) is 45.6 Å². The highest BCUT2D eigenvalue weighted by Gasteiger charge is 2.54. The van der Waals surface area contributed by atoms with Crippen LogP contribution in [0.2, 0.25) is 0 Å². The number of carboxylic acid groups (broad SMARTS) is 1. The summed E-state index contributed by atoms with van der Waals surface area (Å²) in [7, 11) is -4.08. The number of hydrogen-bond donors (Lipinski definition) is 9. The number of carbonyl (C=O) groups is 5. The quantitative estimate of drug-likeness (QED) is 0.0185. The van der Waals surface area contributed by atoms with Crippen molar-refractivity contribution in [3.05, 3.63) is 81.9 Å². The second-order valence-electron chi connectivity index (χ2n) is 14.5. The summed E-state index contributed by atoms with van der Waals surface area (Å²) in [4.78, 5) is 84.5. The van der Waals surface area contributed by atoms with Gasteiger partial charge in [0.05, 0.1) is 4.90 Å². The van der Waals surface area contributed by atoms with Crippen LogP contribution in [0.15, 0.2) is 74.2 Å². The molecule has 1 saturated heterocycles. The molecule has 10 N–H and O–H groups in total. The van der Waals surface area contributed by atoms with E-state index in [9.17, 15) is 57.9 Å². The van der Waals surface area contributed by atoms with Gasteiger partial charge < -0.3 is 41.4 Å². The van der Waals surface area contributed by atoms with Crippen molar-refractivity contribution >= 4 is 90.9 Å². The lowest BCUT2D eigenvalue weighted by Crippen LogP contribution is -2.71. The number of phenols is 4. The van der Waals surface area contributed by atoms with Crippen LogP contribution >= 0.6 is 34.9 Å². The van der Waals surface area contributed by atoms with E-state index in [0.717, 1.165) is 58.3 Å². The third kappa shape index (κ3) is 9.54. The third-order valence-electron chi connectivity index (χ3n) is 9.43. The Morgan fingerprint density at radius 3 is 2.37 bits per heavy atom. The van der Waals surface area contributed by atoms with Crippen LogP contribution in [0.3, 0.4) is 0 Å². The maximum absolute atomic E-state index is 13.8. The number of amides is 4. The lowest BCUT2D eigenvalue weighted by atomic mass is 10.0. The number of nitrogen functional groups attached to an aromatic ring is 1. The van der Waals surface area contributed by atoms with Gasteiger partial charge in [-0.3, -0.25) is 34.9 Å². The summed E-state index contributed by atoms with van der Waals surface area (Å²) >= 11 is 3.27. The van der Waals surface area contributed by atoms with Gasteiger partial charge in [-0.2, -0.15) is 9.50 Å². The molecular weight excluding hydrogens is 935 g/mol. The van der Waals surface area contributed by atoms with Gasteiger partial charge in [-0.25, -0.2) is 23.2 Å². The van der Waals surface area contributed by atoms with Crippen LogP contribution in [0.4, 0.5) is 5.13 Å². The highest BCUT2D eigenvalue weighted by molar-refractivity contribution is 8.01. The zero-order chi connectivity index (χ0) is 47.1. The average molecular weight is 970 g/mol. The fourth-order valence-corrected chi connectivity index (χ4v) is 10.4. The molecular formula is C37H35N11O13S4. The molecule has 0 unspecified atom stereocenters. The number of aryl methyl sites for hydroxylation is 1. The van der Waals surface area contributed by atoms with Gasteiger partial charge in [-0.1, -0.05) is 5.16 Å². The molecule has 5 heterocycles. The second kappa shape index (κ2) is 17.8. The molecule has 0 spiro atoms. The zero-order valence-electron chi connectivity index (χ0n) is 33.7. The topological polar surface area (TPSA) is 364 Å². The van der Waals surface area contributed by atoms with E-state index >= 15 is 0 Å². The van der Waals surface area contributed by atoms with Crippen molar-refractivity contribution in [2.75, 3.05) is 17.2 Å². The Kier molecular flexibility index (Phi) is 12.5. The lowest BCUT2D eigenvalue weighted by Gasteiger charge is -2.49. The Morgan fingerprint density at radius 1 is 1.00 bits per heavy atom. The number of phenolic OH excluding ortho intramolecular Hbond substituents is 4. The Bertz CT molecular complexity index is 2990. The molecule has 3 aromatic heterocycles. The molecule has 24 nitrogen and oxygen atoms in total. The predicted octanol–water partition coefficient (Wildman–Crippen LogP) is 0.759. The van der Waals surface area contributed by atoms with Crippen molar-refractivity contribution in [1.29, 1.82) is 0 Å². The normalized spacial score (nSPS) is 16.4. The first-order valence-electron chi connectivity index (χ1n) is 18.6. The van der Waals surface area contributed by atoms with Crippen LogP contribution in [0.5, 0.6) is 23.0 Å². The monoisotopic (exact) mass is 969 g/mol. The number of aliphatic carboxylic acids is 1. The molecule has 0 radical (unpaired) electrons. The largest absolute Gasteiger partial charge is 0.504 e. The molecule has 1 fully saturated rings. The first-order chi connectivity index (χ1) is 30.6. The fraction of sp³-hybridized carbons (Fsp3) is 0.243. The summed E-state index contributed by atoms with van der Waals surface area (Å²) in [5.41, 5.74) is 8.09. The number of thiazole rings is 1. The van der Waals surface area contributed by atoms with Gasteiger partial charge >= 0.3 is 5.97 Å². The number of carbonyl (C=O) groups excluding carboxylic acids is 4. The van der Waals surface area contributed by atoms with Crippen LogP contribution in [0.25, 0.3) is 5.78 Å². The molecule has 5 aromatic rings. The molecule has 7 rings (SSSR count). The molecule has 0 saturated carbocycles. The number of anilines is 1. The molecule has 2 aliphatic heterocycles. The molecule has 340 valence electrons. The van der Waals surface area contributed by atoms with Gasteiger partial charge in [0.1, 0.15) is 33.6 Å². The molecule has 0 bridgehead atoms. The number of aromatic nitrogens is 5. The first-order valence-corrected chi connectivity index (χ1v) is 23.1. The number of nitrogens with one attached hydrogen (secondary N) is 3. The van der Waals surface area contributed by atoms with E-state index in [4.69, 9.17) is 10.6 Å². The van der Waals surface area contributed by atoms with Crippen molar-refractivity contribution in [2.24, 2.45) is 5.16 Å². The summed E-state index contributed by atoms with van der Waals surface area (Å²) < 4.78 is 27.5.